The number of carbonyl (C=O) groups is 4. The lowest BCUT2D eigenvalue weighted by Crippen LogP contribution is -2.30. The summed E-state index contributed by atoms with van der Waals surface area (Å²) < 4.78 is 68.7. The topological polar surface area (TPSA) is 237 Å². The summed E-state index contributed by atoms with van der Waals surface area (Å²) in [6.45, 7) is 7.34. The molecule has 19 heteroatoms. The fourth-order valence-corrected chi connectivity index (χ4v) is 14.2. The molecular formula is C81H158O17P2. The highest BCUT2D eigenvalue weighted by Gasteiger charge is 2.30. The van der Waals surface area contributed by atoms with Gasteiger partial charge in [-0.25, -0.2) is 9.13 Å². The summed E-state index contributed by atoms with van der Waals surface area (Å²) in [6.07, 6.45) is 65.2. The number of phosphoric acid groups is 2. The average Bonchev–Trinajstić information content (AvgIpc) is 1.01. The fraction of sp³-hybridized carbons (Fsp3) is 0.951. The van der Waals surface area contributed by atoms with Crippen molar-refractivity contribution in [2.45, 2.75) is 451 Å². The number of ether oxygens (including phenoxy) is 4. The minimum atomic E-state index is -4.96. The molecule has 0 aliphatic rings. The first-order valence-electron chi connectivity index (χ1n) is 42.1. The Hall–Kier alpha value is -1.94. The van der Waals surface area contributed by atoms with Crippen LogP contribution in [-0.2, 0) is 65.4 Å². The van der Waals surface area contributed by atoms with Gasteiger partial charge >= 0.3 is 39.5 Å². The van der Waals surface area contributed by atoms with Crippen molar-refractivity contribution in [3.63, 3.8) is 0 Å². The number of rotatable bonds is 81. The van der Waals surface area contributed by atoms with E-state index < -0.39 is 97.5 Å². The van der Waals surface area contributed by atoms with Crippen molar-refractivity contribution in [1.82, 2.24) is 0 Å². The third-order valence-corrected chi connectivity index (χ3v) is 20.9. The first-order valence-corrected chi connectivity index (χ1v) is 45.1. The number of phosphoric ester groups is 2. The van der Waals surface area contributed by atoms with Crippen LogP contribution in [0.5, 0.6) is 0 Å². The van der Waals surface area contributed by atoms with E-state index in [1.807, 2.05) is 0 Å². The number of hydrogen-bond donors (Lipinski definition) is 3. The Bertz CT molecular complexity index is 1910. The van der Waals surface area contributed by atoms with E-state index in [0.717, 1.165) is 95.8 Å². The van der Waals surface area contributed by atoms with E-state index in [0.29, 0.717) is 25.7 Å². The smallest absolute Gasteiger partial charge is 0.462 e. The Balaban J connectivity index is 5.21. The highest BCUT2D eigenvalue weighted by Crippen LogP contribution is 2.45. The number of aliphatic hydroxyl groups is 1. The lowest BCUT2D eigenvalue weighted by Gasteiger charge is -2.21. The van der Waals surface area contributed by atoms with Gasteiger partial charge in [0.05, 0.1) is 26.4 Å². The summed E-state index contributed by atoms with van der Waals surface area (Å²) in [7, 11) is -9.92. The maximum atomic E-state index is 13.1. The van der Waals surface area contributed by atoms with Crippen LogP contribution >= 0.6 is 15.6 Å². The van der Waals surface area contributed by atoms with Gasteiger partial charge in [-0.15, -0.1) is 0 Å². The van der Waals surface area contributed by atoms with Gasteiger partial charge in [-0.3, -0.25) is 37.3 Å². The summed E-state index contributed by atoms with van der Waals surface area (Å²) >= 11 is 0. The largest absolute Gasteiger partial charge is 0.472 e. The minimum absolute atomic E-state index is 0.108. The zero-order valence-electron chi connectivity index (χ0n) is 65.3. The molecule has 3 N–H and O–H groups in total. The quantitative estimate of drug-likeness (QED) is 0.0222. The highest BCUT2D eigenvalue weighted by atomic mass is 31.2. The highest BCUT2D eigenvalue weighted by molar-refractivity contribution is 7.47. The zero-order valence-corrected chi connectivity index (χ0v) is 67.1. The molecule has 0 aromatic heterocycles. The molecule has 0 saturated heterocycles. The third kappa shape index (κ3) is 74.3. The van der Waals surface area contributed by atoms with E-state index in [1.165, 1.54) is 257 Å². The van der Waals surface area contributed by atoms with Crippen LogP contribution in [-0.4, -0.2) is 96.7 Å². The Morgan fingerprint density at radius 3 is 0.680 bits per heavy atom. The number of esters is 4. The molecule has 0 aliphatic carbocycles. The summed E-state index contributed by atoms with van der Waals surface area (Å²) in [6, 6.07) is 0. The molecule has 594 valence electrons. The second-order valence-electron chi connectivity index (χ2n) is 29.6. The molecule has 0 radical (unpaired) electrons. The number of aliphatic hydroxyl groups excluding tert-OH is 1. The van der Waals surface area contributed by atoms with Crippen LogP contribution in [0.25, 0.3) is 0 Å². The normalized spacial score (nSPS) is 13.8. The second-order valence-corrected chi connectivity index (χ2v) is 32.5. The van der Waals surface area contributed by atoms with E-state index in [9.17, 15) is 43.2 Å². The predicted molar refractivity (Wildman–Crippen MR) is 409 cm³/mol. The monoisotopic (exact) mass is 1470 g/mol. The van der Waals surface area contributed by atoms with Gasteiger partial charge in [0.15, 0.2) is 12.2 Å². The zero-order chi connectivity index (χ0) is 73.4. The molecule has 0 aromatic carbocycles. The molecule has 0 saturated carbocycles. The Labute approximate surface area is 613 Å². The standard InChI is InChI=1S/C81H158O17P2/c1-6-9-12-15-18-21-24-25-26-27-28-29-30-31-32-37-42-47-52-57-62-67-81(86)98-77(71-92-79(84)65-60-55-50-45-41-36-34-33-35-40-43-48-53-58-63-74(4)5)73-96-100(89,90)94-69-75(82)68-93-99(87,88)95-72-76(97-80(85)66-61-56-51-46-39-23-20-17-14-11-8-3)70-91-78(83)64-59-54-49-44-38-22-19-16-13-10-7-2/h74-77,82H,6-73H2,1-5H3,(H,87,88)(H,89,90)/t75-,76+,77+/m0/s1. The predicted octanol–water partition coefficient (Wildman–Crippen LogP) is 24.4. The van der Waals surface area contributed by atoms with E-state index in [-0.39, 0.29) is 25.7 Å². The molecule has 0 spiro atoms. The van der Waals surface area contributed by atoms with Crippen LogP contribution in [0.3, 0.4) is 0 Å². The van der Waals surface area contributed by atoms with Crippen molar-refractivity contribution in [2.75, 3.05) is 39.6 Å². The van der Waals surface area contributed by atoms with Crippen LogP contribution in [0.1, 0.15) is 433 Å². The van der Waals surface area contributed by atoms with Gasteiger partial charge in [-0.1, -0.05) is 381 Å². The molecule has 2 unspecified atom stereocenters. The van der Waals surface area contributed by atoms with E-state index >= 15 is 0 Å². The fourth-order valence-electron chi connectivity index (χ4n) is 12.6. The van der Waals surface area contributed by atoms with Crippen molar-refractivity contribution in [2.24, 2.45) is 5.92 Å². The molecule has 0 amide bonds. The number of hydrogen-bond acceptors (Lipinski definition) is 15. The molecule has 0 rings (SSSR count). The Morgan fingerprint density at radius 2 is 0.460 bits per heavy atom. The van der Waals surface area contributed by atoms with E-state index in [4.69, 9.17) is 37.0 Å². The van der Waals surface area contributed by atoms with Crippen molar-refractivity contribution in [3.8, 4) is 0 Å². The molecule has 5 atom stereocenters. The van der Waals surface area contributed by atoms with Crippen LogP contribution in [0, 0.1) is 5.92 Å². The van der Waals surface area contributed by atoms with Gasteiger partial charge in [-0.2, -0.15) is 0 Å². The Morgan fingerprint density at radius 1 is 0.270 bits per heavy atom. The molecule has 0 bridgehead atoms. The number of unbranched alkanes of at least 4 members (excludes halogenated alkanes) is 53. The van der Waals surface area contributed by atoms with Crippen molar-refractivity contribution >= 4 is 39.5 Å². The van der Waals surface area contributed by atoms with Gasteiger partial charge < -0.3 is 33.8 Å². The van der Waals surface area contributed by atoms with Crippen molar-refractivity contribution < 1.29 is 80.2 Å². The summed E-state index contributed by atoms with van der Waals surface area (Å²) in [5.74, 6) is -1.31. The van der Waals surface area contributed by atoms with Gasteiger partial charge in [0.25, 0.3) is 0 Å². The molecule has 0 aliphatic heterocycles. The second kappa shape index (κ2) is 73.9. The van der Waals surface area contributed by atoms with E-state index in [2.05, 4.69) is 34.6 Å². The maximum Gasteiger partial charge on any atom is 0.472 e. The van der Waals surface area contributed by atoms with Crippen LogP contribution in [0.15, 0.2) is 0 Å². The average molecular weight is 1470 g/mol. The van der Waals surface area contributed by atoms with Gasteiger partial charge in [0.1, 0.15) is 19.3 Å². The lowest BCUT2D eigenvalue weighted by atomic mass is 10.0. The number of carbonyl (C=O) groups excluding carboxylic acids is 4. The first kappa shape index (κ1) is 98.1. The third-order valence-electron chi connectivity index (χ3n) is 19.0. The molecular weight excluding hydrogens is 1310 g/mol. The maximum absolute atomic E-state index is 13.1. The van der Waals surface area contributed by atoms with Crippen LogP contribution < -0.4 is 0 Å². The summed E-state index contributed by atoms with van der Waals surface area (Å²) in [4.78, 5) is 73.0. The minimum Gasteiger partial charge on any atom is -0.462 e. The molecule has 0 fully saturated rings. The Kier molecular flexibility index (Phi) is 72.5. The molecule has 0 heterocycles. The van der Waals surface area contributed by atoms with Gasteiger partial charge in [0.2, 0.25) is 0 Å². The summed E-state index contributed by atoms with van der Waals surface area (Å²) in [5, 5.41) is 10.6. The van der Waals surface area contributed by atoms with Gasteiger partial charge in [0, 0.05) is 25.7 Å². The lowest BCUT2D eigenvalue weighted by molar-refractivity contribution is -0.161. The first-order chi connectivity index (χ1) is 48.5. The van der Waals surface area contributed by atoms with Crippen LogP contribution in [0.2, 0.25) is 0 Å². The van der Waals surface area contributed by atoms with Crippen LogP contribution in [0.4, 0.5) is 0 Å². The van der Waals surface area contributed by atoms with E-state index in [1.54, 1.807) is 0 Å². The molecule has 17 nitrogen and oxygen atoms in total. The molecule has 100 heavy (non-hydrogen) atoms. The summed E-state index contributed by atoms with van der Waals surface area (Å²) in [5.41, 5.74) is 0. The van der Waals surface area contributed by atoms with Crippen molar-refractivity contribution in [1.29, 1.82) is 0 Å². The van der Waals surface area contributed by atoms with Crippen molar-refractivity contribution in [3.05, 3.63) is 0 Å². The van der Waals surface area contributed by atoms with Gasteiger partial charge in [-0.05, 0) is 31.6 Å². The molecule has 0 aromatic rings. The SMILES string of the molecule is CCCCCCCCCCCCCCCCCCCCCCCC(=O)O[C@H](COC(=O)CCCCCCCCCCCCCCCCC(C)C)COP(=O)(O)OC[C@@H](O)COP(=O)(O)OC[C@@H](COC(=O)CCCCCCCCCCCCC)OC(=O)CCCCCCCCCCCCC.